The van der Waals surface area contributed by atoms with E-state index in [9.17, 15) is 30.6 Å². The van der Waals surface area contributed by atoms with Crippen LogP contribution in [0, 0.1) is 0 Å². The Balaban J connectivity index is 2.27. The quantitative estimate of drug-likeness (QED) is 0.314. The van der Waals surface area contributed by atoms with Crippen molar-refractivity contribution < 1.29 is 40.0 Å². The summed E-state index contributed by atoms with van der Waals surface area (Å²) >= 11 is 0. The van der Waals surface area contributed by atoms with E-state index in [-0.39, 0.29) is 12.8 Å². The van der Waals surface area contributed by atoms with Gasteiger partial charge in [-0.05, 0) is 67.9 Å². The molecule has 1 heterocycles. The second kappa shape index (κ2) is 11.5. The lowest BCUT2D eigenvalue weighted by Crippen LogP contribution is -2.37. The number of ether oxygens (including phenoxy) is 2. The van der Waals surface area contributed by atoms with Crippen molar-refractivity contribution in [2.45, 2.75) is 43.2 Å². The molecular weight excluding hydrogens is 522 g/mol. The van der Waals surface area contributed by atoms with Gasteiger partial charge in [-0.3, -0.25) is 4.98 Å². The first-order chi connectivity index (χ1) is 17.3. The van der Waals surface area contributed by atoms with Gasteiger partial charge in [0, 0.05) is 29.0 Å². The normalized spacial score (nSPS) is 14.2. The molecule has 0 bridgehead atoms. The molecule has 0 amide bonds. The van der Waals surface area contributed by atoms with E-state index in [1.54, 1.807) is 37.3 Å². The van der Waals surface area contributed by atoms with E-state index in [0.29, 0.717) is 16.8 Å². The van der Waals surface area contributed by atoms with Crippen molar-refractivity contribution in [2.75, 3.05) is 7.05 Å². The molecule has 3 rings (SSSR count). The second-order valence-electron chi connectivity index (χ2n) is 8.25. The van der Waals surface area contributed by atoms with Crippen molar-refractivity contribution in [3.05, 3.63) is 89.7 Å². The fourth-order valence-electron chi connectivity index (χ4n) is 4.24. The summed E-state index contributed by atoms with van der Waals surface area (Å²) in [6, 6.07) is 15.5. The van der Waals surface area contributed by atoms with E-state index >= 15 is 0 Å². The Hall–Kier alpha value is -3.12. The highest BCUT2D eigenvalue weighted by Crippen LogP contribution is 2.43. The van der Waals surface area contributed by atoms with Crippen LogP contribution in [0.5, 0.6) is 11.5 Å². The number of pyridine rings is 1. The van der Waals surface area contributed by atoms with Crippen LogP contribution in [0.3, 0.4) is 0 Å². The Morgan fingerprint density at radius 1 is 0.865 bits per heavy atom. The maximum Gasteiger partial charge on any atom is 0.573 e. The molecule has 37 heavy (non-hydrogen) atoms. The van der Waals surface area contributed by atoms with Gasteiger partial charge in [0.05, 0.1) is 11.0 Å². The molecule has 0 fully saturated rings. The van der Waals surface area contributed by atoms with Crippen LogP contribution in [0.1, 0.15) is 30.2 Å². The van der Waals surface area contributed by atoms with Crippen molar-refractivity contribution in [1.82, 2.24) is 9.71 Å². The summed E-state index contributed by atoms with van der Waals surface area (Å²) < 4.78 is 102. The predicted molar refractivity (Wildman–Crippen MR) is 126 cm³/mol. The number of halogens is 6. The number of nitrogens with one attached hydrogen (secondary N) is 1. The van der Waals surface area contributed by atoms with Gasteiger partial charge >= 0.3 is 12.7 Å². The number of nitrogens with zero attached hydrogens (tertiary/aromatic N) is 1. The number of rotatable bonds is 10. The van der Waals surface area contributed by atoms with Crippen LogP contribution >= 0.6 is 0 Å². The SMILES string of the molecule is CNS(=O)C(C)CC(Cc1ccccn1)(c1cccc(OC(F)(F)F)c1)c1cccc(OC(F)(F)F)c1. The van der Waals surface area contributed by atoms with Crippen LogP contribution in [0.4, 0.5) is 26.3 Å². The van der Waals surface area contributed by atoms with Gasteiger partial charge in [0.25, 0.3) is 0 Å². The van der Waals surface area contributed by atoms with Gasteiger partial charge in [-0.2, -0.15) is 0 Å². The monoisotopic (exact) mass is 546 g/mol. The number of hydrogen-bond donors (Lipinski definition) is 1. The van der Waals surface area contributed by atoms with Crippen molar-refractivity contribution in [2.24, 2.45) is 0 Å². The van der Waals surface area contributed by atoms with Crippen LogP contribution < -0.4 is 14.2 Å². The predicted octanol–water partition coefficient (Wildman–Crippen LogP) is 6.07. The van der Waals surface area contributed by atoms with Gasteiger partial charge in [-0.1, -0.05) is 30.3 Å². The topological polar surface area (TPSA) is 60.5 Å². The Morgan fingerprint density at radius 2 is 1.41 bits per heavy atom. The van der Waals surface area contributed by atoms with Crippen molar-refractivity contribution in [1.29, 1.82) is 0 Å². The molecule has 200 valence electrons. The summed E-state index contributed by atoms with van der Waals surface area (Å²) in [5.74, 6) is -0.999. The fourth-order valence-corrected chi connectivity index (χ4v) is 5.08. The van der Waals surface area contributed by atoms with Gasteiger partial charge in [0.1, 0.15) is 11.5 Å². The van der Waals surface area contributed by atoms with E-state index in [4.69, 9.17) is 0 Å². The van der Waals surface area contributed by atoms with Crippen LogP contribution in [0.15, 0.2) is 72.9 Å². The van der Waals surface area contributed by atoms with Gasteiger partial charge < -0.3 is 9.47 Å². The first-order valence-electron chi connectivity index (χ1n) is 11.0. The third kappa shape index (κ3) is 7.93. The van der Waals surface area contributed by atoms with Crippen LogP contribution in [0.25, 0.3) is 0 Å². The molecule has 0 aliphatic heterocycles. The van der Waals surface area contributed by atoms with E-state index < -0.39 is 45.9 Å². The van der Waals surface area contributed by atoms with Gasteiger partial charge in [-0.15, -0.1) is 26.3 Å². The zero-order valence-corrected chi connectivity index (χ0v) is 20.6. The average molecular weight is 547 g/mol. The van der Waals surface area contributed by atoms with E-state index in [2.05, 4.69) is 19.2 Å². The van der Waals surface area contributed by atoms with Gasteiger partial charge in [-0.25, -0.2) is 8.93 Å². The van der Waals surface area contributed by atoms with E-state index in [1.807, 2.05) is 0 Å². The third-order valence-electron chi connectivity index (χ3n) is 5.65. The molecule has 5 nitrogen and oxygen atoms in total. The first kappa shape index (κ1) is 28.5. The molecule has 0 aliphatic carbocycles. The lowest BCUT2D eigenvalue weighted by atomic mass is 9.68. The molecule has 1 N–H and O–H groups in total. The van der Waals surface area contributed by atoms with Crippen LogP contribution in [-0.2, 0) is 22.8 Å². The molecule has 0 radical (unpaired) electrons. The van der Waals surface area contributed by atoms with Gasteiger partial charge in [0.2, 0.25) is 0 Å². The second-order valence-corrected chi connectivity index (χ2v) is 10.1. The molecule has 0 spiro atoms. The molecule has 1 aromatic heterocycles. The van der Waals surface area contributed by atoms with E-state index in [0.717, 1.165) is 12.1 Å². The lowest BCUT2D eigenvalue weighted by Gasteiger charge is -2.37. The highest BCUT2D eigenvalue weighted by molar-refractivity contribution is 7.83. The van der Waals surface area contributed by atoms with E-state index in [1.165, 1.54) is 37.5 Å². The summed E-state index contributed by atoms with van der Waals surface area (Å²) in [6.07, 6.45) is -8.24. The summed E-state index contributed by atoms with van der Waals surface area (Å²) in [5.41, 5.74) is -0.127. The molecule has 3 aromatic rings. The average Bonchev–Trinajstić information content (AvgIpc) is 2.82. The standard InChI is InChI=1S/C25H24F6N2O3S/c1-17(37(34)32-2)15-23(16-20-9-3-4-12-33-20,18-7-5-10-21(13-18)35-24(26,27)28)19-8-6-11-22(14-19)36-25(29,30)31/h3-14,17,32H,15-16H2,1-2H3. The van der Waals surface area contributed by atoms with Crippen LogP contribution in [0.2, 0.25) is 0 Å². The lowest BCUT2D eigenvalue weighted by molar-refractivity contribution is -0.275. The maximum absolute atomic E-state index is 13.0. The van der Waals surface area contributed by atoms with Crippen molar-refractivity contribution in [3.63, 3.8) is 0 Å². The van der Waals surface area contributed by atoms with Crippen molar-refractivity contribution >= 4 is 11.0 Å². The number of benzene rings is 2. The Labute approximate surface area is 212 Å². The molecule has 2 unspecified atom stereocenters. The summed E-state index contributed by atoms with van der Waals surface area (Å²) in [4.78, 5) is 4.34. The zero-order valence-electron chi connectivity index (χ0n) is 19.8. The Bertz CT molecular complexity index is 1150. The minimum absolute atomic E-state index is 0.0714. The molecule has 0 saturated carbocycles. The fraction of sp³-hybridized carbons (Fsp3) is 0.320. The molecule has 0 aliphatic rings. The minimum atomic E-state index is -4.95. The van der Waals surface area contributed by atoms with Gasteiger partial charge in [0.15, 0.2) is 0 Å². The van der Waals surface area contributed by atoms with Crippen molar-refractivity contribution in [3.8, 4) is 11.5 Å². The first-order valence-corrected chi connectivity index (χ1v) is 12.2. The van der Waals surface area contributed by atoms with Crippen LogP contribution in [-0.4, -0.2) is 34.2 Å². The number of alkyl halides is 6. The molecular formula is C25H24F6N2O3S. The summed E-state index contributed by atoms with van der Waals surface area (Å²) in [7, 11) is -0.0704. The number of aromatic nitrogens is 1. The highest BCUT2D eigenvalue weighted by atomic mass is 32.2. The summed E-state index contributed by atoms with van der Waals surface area (Å²) in [6.45, 7) is 1.67. The third-order valence-corrected chi connectivity index (χ3v) is 6.95. The highest BCUT2D eigenvalue weighted by Gasteiger charge is 2.40. The summed E-state index contributed by atoms with van der Waals surface area (Å²) in [5, 5.41) is -0.576. The molecule has 0 saturated heterocycles. The smallest absolute Gasteiger partial charge is 0.406 e. The maximum atomic E-state index is 13.0. The molecule has 2 atom stereocenters. The zero-order chi connectivity index (χ0) is 27.3. The Morgan fingerprint density at radius 3 is 1.84 bits per heavy atom. The molecule has 2 aromatic carbocycles. The number of hydrogen-bond acceptors (Lipinski definition) is 4. The Kier molecular flexibility index (Phi) is 8.85. The molecule has 12 heteroatoms. The largest absolute Gasteiger partial charge is 0.573 e. The minimum Gasteiger partial charge on any atom is -0.406 e.